The lowest BCUT2D eigenvalue weighted by Gasteiger charge is -2.10. The van der Waals surface area contributed by atoms with Crippen LogP contribution in [0.15, 0.2) is 12.7 Å². The summed E-state index contributed by atoms with van der Waals surface area (Å²) >= 11 is 0. The third kappa shape index (κ3) is 2.24. The van der Waals surface area contributed by atoms with Crippen LogP contribution in [0.3, 0.4) is 0 Å². The van der Waals surface area contributed by atoms with Crippen LogP contribution in [0.4, 0.5) is 5.82 Å². The largest absolute Gasteiger partial charge is 0.384 e. The SMILES string of the molecule is C=CCn1c(C2CC2)nc(C(CC)CC)c1N. The van der Waals surface area contributed by atoms with Crippen LogP contribution in [0.25, 0.3) is 0 Å². The monoisotopic (exact) mass is 233 g/mol. The molecule has 1 aliphatic carbocycles. The summed E-state index contributed by atoms with van der Waals surface area (Å²) in [7, 11) is 0. The van der Waals surface area contributed by atoms with Crippen LogP contribution >= 0.6 is 0 Å². The lowest BCUT2D eigenvalue weighted by molar-refractivity contribution is 0.626. The average Bonchev–Trinajstić information content (AvgIpc) is 3.12. The third-order valence-corrected chi connectivity index (χ3v) is 3.69. The highest BCUT2D eigenvalue weighted by molar-refractivity contribution is 5.42. The Labute approximate surface area is 104 Å². The summed E-state index contributed by atoms with van der Waals surface area (Å²) in [5, 5.41) is 0. The van der Waals surface area contributed by atoms with Crippen molar-refractivity contribution < 1.29 is 0 Å². The maximum Gasteiger partial charge on any atom is 0.127 e. The number of allylic oxidation sites excluding steroid dienone is 1. The lowest BCUT2D eigenvalue weighted by atomic mass is 9.99. The smallest absolute Gasteiger partial charge is 0.127 e. The molecule has 1 aliphatic rings. The summed E-state index contributed by atoms with van der Waals surface area (Å²) < 4.78 is 2.15. The third-order valence-electron chi connectivity index (χ3n) is 3.69. The van der Waals surface area contributed by atoms with Crippen molar-refractivity contribution in [2.75, 3.05) is 5.73 Å². The molecule has 0 amide bonds. The van der Waals surface area contributed by atoms with Gasteiger partial charge in [0.25, 0.3) is 0 Å². The predicted molar refractivity (Wildman–Crippen MR) is 72.1 cm³/mol. The summed E-state index contributed by atoms with van der Waals surface area (Å²) in [6.45, 7) is 9.00. The summed E-state index contributed by atoms with van der Waals surface area (Å²) in [5.41, 5.74) is 7.37. The van der Waals surface area contributed by atoms with Crippen molar-refractivity contribution in [3.8, 4) is 0 Å². The topological polar surface area (TPSA) is 43.8 Å². The van der Waals surface area contributed by atoms with Crippen molar-refractivity contribution in [1.29, 1.82) is 0 Å². The van der Waals surface area contributed by atoms with Gasteiger partial charge in [0.05, 0.1) is 5.69 Å². The van der Waals surface area contributed by atoms with E-state index in [0.29, 0.717) is 11.8 Å². The summed E-state index contributed by atoms with van der Waals surface area (Å²) in [5.74, 6) is 3.18. The van der Waals surface area contributed by atoms with E-state index in [1.807, 2.05) is 6.08 Å². The Morgan fingerprint density at radius 2 is 2.12 bits per heavy atom. The Balaban J connectivity index is 2.39. The highest BCUT2D eigenvalue weighted by atomic mass is 15.1. The van der Waals surface area contributed by atoms with Gasteiger partial charge in [-0.1, -0.05) is 19.9 Å². The van der Waals surface area contributed by atoms with E-state index in [-0.39, 0.29) is 0 Å². The van der Waals surface area contributed by atoms with E-state index >= 15 is 0 Å². The molecule has 1 aromatic rings. The van der Waals surface area contributed by atoms with E-state index in [4.69, 9.17) is 10.7 Å². The fraction of sp³-hybridized carbons (Fsp3) is 0.643. The van der Waals surface area contributed by atoms with Gasteiger partial charge in [-0.15, -0.1) is 6.58 Å². The highest BCUT2D eigenvalue weighted by Crippen LogP contribution is 2.42. The Bertz CT molecular complexity index is 398. The van der Waals surface area contributed by atoms with Crippen LogP contribution in [0.5, 0.6) is 0 Å². The molecule has 0 aromatic carbocycles. The minimum atomic E-state index is 0.499. The van der Waals surface area contributed by atoms with Gasteiger partial charge in [0.1, 0.15) is 11.6 Å². The van der Waals surface area contributed by atoms with Crippen molar-refractivity contribution in [3.63, 3.8) is 0 Å². The molecule has 94 valence electrons. The Morgan fingerprint density at radius 1 is 1.47 bits per heavy atom. The van der Waals surface area contributed by atoms with Gasteiger partial charge >= 0.3 is 0 Å². The second-order valence-corrected chi connectivity index (χ2v) is 4.93. The summed E-state index contributed by atoms with van der Waals surface area (Å²) in [6, 6.07) is 0. The minimum absolute atomic E-state index is 0.499. The van der Waals surface area contributed by atoms with Gasteiger partial charge in [-0.05, 0) is 25.7 Å². The van der Waals surface area contributed by atoms with E-state index < -0.39 is 0 Å². The second-order valence-electron chi connectivity index (χ2n) is 4.93. The minimum Gasteiger partial charge on any atom is -0.384 e. The molecule has 0 atom stereocenters. The molecule has 1 saturated carbocycles. The molecule has 1 aromatic heterocycles. The molecule has 2 N–H and O–H groups in total. The van der Waals surface area contributed by atoms with E-state index in [1.54, 1.807) is 0 Å². The molecule has 0 saturated heterocycles. The first-order valence-electron chi connectivity index (χ1n) is 6.69. The first-order valence-corrected chi connectivity index (χ1v) is 6.69. The van der Waals surface area contributed by atoms with Gasteiger partial charge in [0.15, 0.2) is 0 Å². The van der Waals surface area contributed by atoms with E-state index in [0.717, 1.165) is 30.9 Å². The maximum absolute atomic E-state index is 6.26. The van der Waals surface area contributed by atoms with E-state index in [9.17, 15) is 0 Å². The number of rotatable bonds is 6. The van der Waals surface area contributed by atoms with Gasteiger partial charge in [-0.3, -0.25) is 0 Å². The van der Waals surface area contributed by atoms with Gasteiger partial charge in [-0.2, -0.15) is 0 Å². The van der Waals surface area contributed by atoms with Gasteiger partial charge in [0, 0.05) is 18.4 Å². The standard InChI is InChI=1S/C14H23N3/c1-4-9-17-13(15)12(10(5-2)6-3)16-14(17)11-7-8-11/h4,10-11H,1,5-9,15H2,2-3H3. The number of hydrogen-bond donors (Lipinski definition) is 1. The number of aromatic nitrogens is 2. The van der Waals surface area contributed by atoms with Crippen LogP contribution in [0.1, 0.15) is 62.9 Å². The van der Waals surface area contributed by atoms with E-state index in [1.165, 1.54) is 18.7 Å². The summed E-state index contributed by atoms with van der Waals surface area (Å²) in [6.07, 6.45) is 6.64. The second kappa shape index (κ2) is 4.94. The zero-order valence-electron chi connectivity index (χ0n) is 10.9. The molecular formula is C14H23N3. The van der Waals surface area contributed by atoms with Crippen molar-refractivity contribution in [1.82, 2.24) is 9.55 Å². The molecule has 0 bridgehead atoms. The first-order chi connectivity index (χ1) is 8.22. The predicted octanol–water partition coefficient (Wildman–Crippen LogP) is 3.43. The Kier molecular flexibility index (Phi) is 3.55. The van der Waals surface area contributed by atoms with Crippen molar-refractivity contribution in [2.45, 2.75) is 57.9 Å². The molecule has 0 aliphatic heterocycles. The number of nitrogen functional groups attached to an aromatic ring is 1. The quantitative estimate of drug-likeness (QED) is 0.765. The van der Waals surface area contributed by atoms with Gasteiger partial charge in [0.2, 0.25) is 0 Å². The van der Waals surface area contributed by atoms with Crippen LogP contribution < -0.4 is 5.73 Å². The summed E-state index contributed by atoms with van der Waals surface area (Å²) in [4.78, 5) is 4.82. The molecule has 17 heavy (non-hydrogen) atoms. The van der Waals surface area contributed by atoms with Gasteiger partial charge < -0.3 is 10.3 Å². The molecule has 1 fully saturated rings. The first kappa shape index (κ1) is 12.2. The van der Waals surface area contributed by atoms with Crippen LogP contribution in [-0.4, -0.2) is 9.55 Å². The Hall–Kier alpha value is -1.25. The van der Waals surface area contributed by atoms with Crippen LogP contribution in [-0.2, 0) is 6.54 Å². The Morgan fingerprint density at radius 3 is 2.59 bits per heavy atom. The fourth-order valence-electron chi connectivity index (χ4n) is 2.45. The molecule has 0 spiro atoms. The van der Waals surface area contributed by atoms with Crippen LogP contribution in [0, 0.1) is 0 Å². The van der Waals surface area contributed by atoms with Crippen molar-refractivity contribution in [3.05, 3.63) is 24.2 Å². The molecule has 3 heteroatoms. The molecule has 3 nitrogen and oxygen atoms in total. The van der Waals surface area contributed by atoms with Crippen molar-refractivity contribution >= 4 is 5.82 Å². The normalized spacial score (nSPS) is 15.5. The number of imidazole rings is 1. The molecule has 1 heterocycles. The fourth-order valence-corrected chi connectivity index (χ4v) is 2.45. The van der Waals surface area contributed by atoms with Crippen molar-refractivity contribution in [2.24, 2.45) is 0 Å². The molecule has 2 rings (SSSR count). The highest BCUT2D eigenvalue weighted by Gasteiger charge is 2.31. The number of hydrogen-bond acceptors (Lipinski definition) is 2. The molecule has 0 radical (unpaired) electrons. The number of nitrogens with two attached hydrogens (primary N) is 1. The average molecular weight is 233 g/mol. The van der Waals surface area contributed by atoms with Crippen LogP contribution in [0.2, 0.25) is 0 Å². The van der Waals surface area contributed by atoms with E-state index in [2.05, 4.69) is 25.0 Å². The van der Waals surface area contributed by atoms with Gasteiger partial charge in [-0.25, -0.2) is 4.98 Å². The molecular weight excluding hydrogens is 210 g/mol. The lowest BCUT2D eigenvalue weighted by Crippen LogP contribution is -2.06. The number of nitrogens with zero attached hydrogens (tertiary/aromatic N) is 2. The molecule has 0 unspecified atom stereocenters. The zero-order valence-corrected chi connectivity index (χ0v) is 10.9. The number of anilines is 1. The maximum atomic E-state index is 6.26. The zero-order chi connectivity index (χ0) is 12.4.